The van der Waals surface area contributed by atoms with Crippen LogP contribution in [0.1, 0.15) is 39.2 Å². The second kappa shape index (κ2) is 5.05. The van der Waals surface area contributed by atoms with E-state index in [9.17, 15) is 0 Å². The Morgan fingerprint density at radius 2 is 2.24 bits per heavy atom. The molecule has 1 saturated heterocycles. The van der Waals surface area contributed by atoms with E-state index >= 15 is 0 Å². The summed E-state index contributed by atoms with van der Waals surface area (Å²) in [6.07, 6.45) is 4.38. The quantitative estimate of drug-likeness (QED) is 0.872. The highest BCUT2D eigenvalue weighted by Crippen LogP contribution is 2.22. The van der Waals surface area contributed by atoms with Crippen molar-refractivity contribution in [3.8, 4) is 5.88 Å². The van der Waals surface area contributed by atoms with Gasteiger partial charge in [-0.05, 0) is 30.4 Å². The third-order valence-corrected chi connectivity index (χ3v) is 3.20. The smallest absolute Gasteiger partial charge is 0.213 e. The second-order valence-electron chi connectivity index (χ2n) is 5.74. The number of aromatic nitrogens is 1. The van der Waals surface area contributed by atoms with Gasteiger partial charge in [0.05, 0.1) is 0 Å². The van der Waals surface area contributed by atoms with E-state index in [0.717, 1.165) is 19.0 Å². The third kappa shape index (κ3) is 3.43. The van der Waals surface area contributed by atoms with Gasteiger partial charge in [0.2, 0.25) is 5.88 Å². The lowest BCUT2D eigenvalue weighted by molar-refractivity contribution is 0.267. The highest BCUT2D eigenvalue weighted by atomic mass is 16.5. The minimum Gasteiger partial charge on any atom is -0.476 e. The zero-order valence-electron chi connectivity index (χ0n) is 11.0. The maximum Gasteiger partial charge on any atom is 0.213 e. The predicted octanol–water partition coefficient (Wildman–Crippen LogP) is 2.51. The van der Waals surface area contributed by atoms with E-state index in [2.05, 4.69) is 37.1 Å². The lowest BCUT2D eigenvalue weighted by Crippen LogP contribution is -2.28. The van der Waals surface area contributed by atoms with Gasteiger partial charge in [-0.3, -0.25) is 0 Å². The Kier molecular flexibility index (Phi) is 3.67. The summed E-state index contributed by atoms with van der Waals surface area (Å²) in [6.45, 7) is 8.40. The van der Waals surface area contributed by atoms with E-state index in [0.29, 0.717) is 6.04 Å². The van der Waals surface area contributed by atoms with Crippen LogP contribution in [0.2, 0.25) is 0 Å². The van der Waals surface area contributed by atoms with E-state index < -0.39 is 0 Å². The van der Waals surface area contributed by atoms with E-state index in [1.54, 1.807) is 0 Å². The van der Waals surface area contributed by atoms with Gasteiger partial charge in [0.1, 0.15) is 6.61 Å². The lowest BCUT2D eigenvalue weighted by atomic mass is 9.88. The zero-order chi connectivity index (χ0) is 12.3. The molecule has 3 nitrogen and oxygen atoms in total. The first-order valence-electron chi connectivity index (χ1n) is 6.38. The Hall–Kier alpha value is -1.09. The molecule has 0 aliphatic carbocycles. The summed E-state index contributed by atoms with van der Waals surface area (Å²) in [7, 11) is 0. The molecule has 0 saturated carbocycles. The number of rotatable bonds is 3. The number of hydrogen-bond donors (Lipinski definition) is 1. The van der Waals surface area contributed by atoms with Gasteiger partial charge in [-0.1, -0.05) is 26.8 Å². The summed E-state index contributed by atoms with van der Waals surface area (Å²) in [5.74, 6) is 0.728. The van der Waals surface area contributed by atoms with Crippen LogP contribution >= 0.6 is 0 Å². The first kappa shape index (κ1) is 12.4. The highest BCUT2D eigenvalue weighted by molar-refractivity contribution is 5.23. The van der Waals surface area contributed by atoms with Crippen LogP contribution in [0.4, 0.5) is 0 Å². The maximum absolute atomic E-state index is 5.68. The molecule has 94 valence electrons. The van der Waals surface area contributed by atoms with Crippen LogP contribution in [0.25, 0.3) is 0 Å². The Morgan fingerprint density at radius 1 is 1.41 bits per heavy atom. The summed E-state index contributed by atoms with van der Waals surface area (Å²) in [6, 6.07) is 4.57. The van der Waals surface area contributed by atoms with Crippen LogP contribution in [0.5, 0.6) is 5.88 Å². The molecular weight excluding hydrogens is 212 g/mol. The van der Waals surface area contributed by atoms with Crippen molar-refractivity contribution < 1.29 is 4.74 Å². The van der Waals surface area contributed by atoms with Crippen LogP contribution in [0, 0.1) is 0 Å². The fourth-order valence-corrected chi connectivity index (χ4v) is 1.99. The van der Waals surface area contributed by atoms with Crippen LogP contribution in [-0.2, 0) is 5.41 Å². The average Bonchev–Trinajstić information content (AvgIpc) is 2.78. The summed E-state index contributed by atoms with van der Waals surface area (Å²) < 4.78 is 5.68. The number of hydrogen-bond acceptors (Lipinski definition) is 3. The molecule has 0 amide bonds. The van der Waals surface area contributed by atoms with E-state index in [1.807, 2.05) is 12.3 Å². The molecule has 1 atom stereocenters. The number of ether oxygens (including phenoxy) is 1. The first-order valence-corrected chi connectivity index (χ1v) is 6.38. The van der Waals surface area contributed by atoms with Crippen molar-refractivity contribution in [2.24, 2.45) is 0 Å². The molecule has 3 heteroatoms. The van der Waals surface area contributed by atoms with E-state index in [4.69, 9.17) is 4.74 Å². The molecule has 1 fully saturated rings. The van der Waals surface area contributed by atoms with Crippen molar-refractivity contribution in [3.63, 3.8) is 0 Å². The predicted molar refractivity (Wildman–Crippen MR) is 69.5 cm³/mol. The molecule has 0 bridgehead atoms. The molecule has 0 spiro atoms. The topological polar surface area (TPSA) is 34.1 Å². The monoisotopic (exact) mass is 234 g/mol. The Labute approximate surface area is 104 Å². The molecule has 0 aromatic carbocycles. The van der Waals surface area contributed by atoms with Crippen LogP contribution < -0.4 is 10.1 Å². The van der Waals surface area contributed by atoms with Crippen molar-refractivity contribution in [3.05, 3.63) is 23.9 Å². The van der Waals surface area contributed by atoms with Crippen molar-refractivity contribution in [1.82, 2.24) is 10.3 Å². The lowest BCUT2D eigenvalue weighted by Gasteiger charge is -2.18. The Bertz CT molecular complexity index is 347. The molecule has 1 N–H and O–H groups in total. The van der Waals surface area contributed by atoms with Gasteiger partial charge in [0.25, 0.3) is 0 Å². The van der Waals surface area contributed by atoms with Crippen LogP contribution in [-0.4, -0.2) is 24.2 Å². The SMILES string of the molecule is CC(C)(C)c1ccc(OCC2CCCN2)nc1. The summed E-state index contributed by atoms with van der Waals surface area (Å²) in [4.78, 5) is 4.36. The van der Waals surface area contributed by atoms with Crippen LogP contribution in [0.3, 0.4) is 0 Å². The molecule has 17 heavy (non-hydrogen) atoms. The van der Waals surface area contributed by atoms with Gasteiger partial charge in [-0.15, -0.1) is 0 Å². The zero-order valence-corrected chi connectivity index (χ0v) is 11.0. The molecule has 1 aliphatic rings. The molecule has 2 heterocycles. The summed E-state index contributed by atoms with van der Waals surface area (Å²) >= 11 is 0. The molecule has 1 aliphatic heterocycles. The molecular formula is C14H22N2O. The summed E-state index contributed by atoms with van der Waals surface area (Å²) in [5.41, 5.74) is 1.39. The fourth-order valence-electron chi connectivity index (χ4n) is 1.99. The van der Waals surface area contributed by atoms with Gasteiger partial charge in [0, 0.05) is 18.3 Å². The van der Waals surface area contributed by atoms with E-state index in [1.165, 1.54) is 18.4 Å². The maximum atomic E-state index is 5.68. The minimum absolute atomic E-state index is 0.151. The van der Waals surface area contributed by atoms with Crippen molar-refractivity contribution in [1.29, 1.82) is 0 Å². The molecule has 0 radical (unpaired) electrons. The summed E-state index contributed by atoms with van der Waals surface area (Å²) in [5, 5.41) is 3.41. The second-order valence-corrected chi connectivity index (χ2v) is 5.74. The van der Waals surface area contributed by atoms with E-state index in [-0.39, 0.29) is 5.41 Å². The molecule has 1 aromatic heterocycles. The Morgan fingerprint density at radius 3 is 2.76 bits per heavy atom. The van der Waals surface area contributed by atoms with Gasteiger partial charge in [-0.2, -0.15) is 0 Å². The van der Waals surface area contributed by atoms with Gasteiger partial charge in [-0.25, -0.2) is 4.98 Å². The van der Waals surface area contributed by atoms with Gasteiger partial charge < -0.3 is 10.1 Å². The largest absolute Gasteiger partial charge is 0.476 e. The van der Waals surface area contributed by atoms with Crippen molar-refractivity contribution in [2.45, 2.75) is 45.1 Å². The van der Waals surface area contributed by atoms with Gasteiger partial charge >= 0.3 is 0 Å². The average molecular weight is 234 g/mol. The Balaban J connectivity index is 1.89. The highest BCUT2D eigenvalue weighted by Gasteiger charge is 2.16. The number of nitrogens with one attached hydrogen (secondary N) is 1. The number of pyridine rings is 1. The van der Waals surface area contributed by atoms with Gasteiger partial charge in [0.15, 0.2) is 0 Å². The normalized spacial score (nSPS) is 20.5. The van der Waals surface area contributed by atoms with Crippen LogP contribution in [0.15, 0.2) is 18.3 Å². The molecule has 2 rings (SSSR count). The fraction of sp³-hybridized carbons (Fsp3) is 0.643. The standard InChI is InChI=1S/C14H22N2O/c1-14(2,3)11-6-7-13(16-9-11)17-10-12-5-4-8-15-12/h6-7,9,12,15H,4-5,8,10H2,1-3H3. The molecule has 1 aromatic rings. The number of nitrogens with zero attached hydrogens (tertiary/aromatic N) is 1. The molecule has 1 unspecified atom stereocenters. The van der Waals surface area contributed by atoms with Crippen molar-refractivity contribution in [2.75, 3.05) is 13.2 Å². The third-order valence-electron chi connectivity index (χ3n) is 3.20. The minimum atomic E-state index is 0.151. The van der Waals surface area contributed by atoms with Crippen molar-refractivity contribution >= 4 is 0 Å². The first-order chi connectivity index (χ1) is 8.05.